The van der Waals surface area contributed by atoms with Crippen molar-refractivity contribution in [1.82, 2.24) is 10.6 Å². The van der Waals surface area contributed by atoms with Gasteiger partial charge in [0.15, 0.2) is 17.3 Å². The Balaban J connectivity index is 2.12. The summed E-state index contributed by atoms with van der Waals surface area (Å²) in [5.41, 5.74) is 2.04. The average molecular weight is 417 g/mol. The van der Waals surface area contributed by atoms with Crippen LogP contribution in [0.2, 0.25) is 0 Å². The maximum Gasteiger partial charge on any atom is 0.319 e. The predicted molar refractivity (Wildman–Crippen MR) is 100 cm³/mol. The number of aromatic hydroxyl groups is 1. The zero-order chi connectivity index (χ0) is 18.8. The van der Waals surface area contributed by atoms with Gasteiger partial charge in [0.1, 0.15) is 0 Å². The van der Waals surface area contributed by atoms with E-state index in [4.69, 9.17) is 4.74 Å². The van der Waals surface area contributed by atoms with Crippen LogP contribution >= 0.6 is 15.9 Å². The van der Waals surface area contributed by atoms with E-state index in [0.717, 1.165) is 0 Å². The Bertz CT molecular complexity index is 909. The fourth-order valence-corrected chi connectivity index (χ4v) is 3.37. The minimum absolute atomic E-state index is 0.0480. The number of amides is 2. The third-order valence-corrected chi connectivity index (χ3v) is 4.76. The summed E-state index contributed by atoms with van der Waals surface area (Å²) < 4.78 is 5.59. The molecular weight excluding hydrogens is 400 g/mol. The molecule has 26 heavy (non-hydrogen) atoms. The van der Waals surface area contributed by atoms with E-state index < -0.39 is 12.1 Å². The van der Waals surface area contributed by atoms with E-state index in [-0.39, 0.29) is 17.3 Å². The summed E-state index contributed by atoms with van der Waals surface area (Å²) in [6.45, 7) is 1.69. The van der Waals surface area contributed by atoms with Crippen molar-refractivity contribution in [2.75, 3.05) is 7.11 Å². The third-order valence-electron chi connectivity index (χ3n) is 4.15. The van der Waals surface area contributed by atoms with E-state index >= 15 is 0 Å². The van der Waals surface area contributed by atoms with Crippen LogP contribution in [0.5, 0.6) is 11.5 Å². The van der Waals surface area contributed by atoms with Crippen molar-refractivity contribution in [1.29, 1.82) is 0 Å². The second kappa shape index (κ2) is 7.21. The first-order valence-corrected chi connectivity index (χ1v) is 8.66. The smallest absolute Gasteiger partial charge is 0.319 e. The summed E-state index contributed by atoms with van der Waals surface area (Å²) in [5, 5.41) is 15.5. The van der Waals surface area contributed by atoms with Gasteiger partial charge in [-0.3, -0.25) is 4.79 Å². The number of ketones is 1. The number of phenols is 1. The number of ether oxygens (including phenoxy) is 1. The van der Waals surface area contributed by atoms with Crippen LogP contribution in [0.25, 0.3) is 0 Å². The number of phenolic OH excluding ortho intramolecular Hbond substituents is 1. The molecule has 0 unspecified atom stereocenters. The van der Waals surface area contributed by atoms with Crippen molar-refractivity contribution in [3.63, 3.8) is 0 Å². The van der Waals surface area contributed by atoms with Gasteiger partial charge in [0.2, 0.25) is 0 Å². The van der Waals surface area contributed by atoms with Crippen molar-refractivity contribution in [3.05, 3.63) is 69.3 Å². The van der Waals surface area contributed by atoms with Crippen molar-refractivity contribution in [2.24, 2.45) is 0 Å². The molecule has 134 valence electrons. The fraction of sp³-hybridized carbons (Fsp3) is 0.158. The first-order chi connectivity index (χ1) is 12.4. The molecule has 3 rings (SSSR count). The highest BCUT2D eigenvalue weighted by Crippen LogP contribution is 2.39. The first-order valence-electron chi connectivity index (χ1n) is 7.86. The van der Waals surface area contributed by atoms with Gasteiger partial charge in [0, 0.05) is 16.8 Å². The number of carbonyl (C=O) groups excluding carboxylic acids is 2. The van der Waals surface area contributed by atoms with E-state index in [1.165, 1.54) is 7.11 Å². The standard InChI is InChI=1S/C19H17BrN2O4/c1-10-15(17(23)11-6-4-3-5-7-11)16(22-19(25)21-10)12-8-13(20)18(24)14(9-12)26-2/h3-9,16,24H,1-2H3,(H2,21,22,25)/t16-/m0/s1. The van der Waals surface area contributed by atoms with Gasteiger partial charge < -0.3 is 20.5 Å². The number of hydrogen-bond acceptors (Lipinski definition) is 4. The molecular formula is C19H17BrN2O4. The van der Waals surface area contributed by atoms with E-state index in [9.17, 15) is 14.7 Å². The van der Waals surface area contributed by atoms with Gasteiger partial charge in [0.05, 0.1) is 17.6 Å². The molecule has 2 amide bonds. The molecule has 2 aromatic carbocycles. The second-order valence-corrected chi connectivity index (χ2v) is 6.67. The molecule has 0 aromatic heterocycles. The highest BCUT2D eigenvalue weighted by atomic mass is 79.9. The monoisotopic (exact) mass is 416 g/mol. The molecule has 3 N–H and O–H groups in total. The van der Waals surface area contributed by atoms with Crippen molar-refractivity contribution < 1.29 is 19.4 Å². The third kappa shape index (κ3) is 3.30. The van der Waals surface area contributed by atoms with Gasteiger partial charge in [-0.15, -0.1) is 0 Å². The van der Waals surface area contributed by atoms with Crippen LogP contribution in [0.15, 0.2) is 58.2 Å². The number of allylic oxidation sites excluding steroid dienone is 1. The zero-order valence-corrected chi connectivity index (χ0v) is 15.8. The molecule has 7 heteroatoms. The van der Waals surface area contributed by atoms with E-state index in [1.54, 1.807) is 43.3 Å². The minimum Gasteiger partial charge on any atom is -0.503 e. The molecule has 6 nitrogen and oxygen atoms in total. The maximum atomic E-state index is 13.1. The lowest BCUT2D eigenvalue weighted by Gasteiger charge is -2.29. The molecule has 0 saturated carbocycles. The van der Waals surface area contributed by atoms with Gasteiger partial charge in [-0.25, -0.2) is 4.79 Å². The van der Waals surface area contributed by atoms with Gasteiger partial charge in [-0.2, -0.15) is 0 Å². The van der Waals surface area contributed by atoms with Gasteiger partial charge in [-0.05, 0) is 40.5 Å². The molecule has 2 aromatic rings. The molecule has 1 aliphatic heterocycles. The number of rotatable bonds is 4. The number of methoxy groups -OCH3 is 1. The summed E-state index contributed by atoms with van der Waals surface area (Å²) in [6, 6.07) is 11.0. The SMILES string of the molecule is COc1cc([C@@H]2NC(=O)NC(C)=C2C(=O)c2ccccc2)cc(Br)c1O. The quantitative estimate of drug-likeness (QED) is 0.663. The average Bonchev–Trinajstić information content (AvgIpc) is 2.63. The Hall–Kier alpha value is -2.80. The zero-order valence-electron chi connectivity index (χ0n) is 14.2. The first kappa shape index (κ1) is 18.0. The molecule has 1 atom stereocenters. The number of halogens is 1. The molecule has 0 radical (unpaired) electrons. The van der Waals surface area contributed by atoms with Crippen LogP contribution < -0.4 is 15.4 Å². The molecule has 0 saturated heterocycles. The van der Waals surface area contributed by atoms with Crippen molar-refractivity contribution in [3.8, 4) is 11.5 Å². The second-order valence-electron chi connectivity index (χ2n) is 5.82. The highest BCUT2D eigenvalue weighted by molar-refractivity contribution is 9.10. The Kier molecular flexibility index (Phi) is 4.99. The molecule has 0 fully saturated rings. The summed E-state index contributed by atoms with van der Waals surface area (Å²) >= 11 is 3.28. The molecule has 1 heterocycles. The summed E-state index contributed by atoms with van der Waals surface area (Å²) in [7, 11) is 1.43. The largest absolute Gasteiger partial charge is 0.503 e. The van der Waals surface area contributed by atoms with Crippen molar-refractivity contribution in [2.45, 2.75) is 13.0 Å². The molecule has 0 bridgehead atoms. The lowest BCUT2D eigenvalue weighted by Crippen LogP contribution is -2.45. The number of nitrogens with one attached hydrogen (secondary N) is 2. The van der Waals surface area contributed by atoms with Crippen LogP contribution in [0.1, 0.15) is 28.9 Å². The lowest BCUT2D eigenvalue weighted by molar-refractivity contribution is 0.102. The number of Topliss-reactive ketones (excluding diaryl/α,β-unsaturated/α-hetero) is 1. The fourth-order valence-electron chi connectivity index (χ4n) is 2.91. The van der Waals surface area contributed by atoms with E-state index in [0.29, 0.717) is 26.9 Å². The summed E-state index contributed by atoms with van der Waals surface area (Å²) in [5.74, 6) is 0.00299. The van der Waals surface area contributed by atoms with Gasteiger partial charge >= 0.3 is 6.03 Å². The van der Waals surface area contributed by atoms with E-state index in [2.05, 4.69) is 26.6 Å². The Morgan fingerprint density at radius 1 is 1.23 bits per heavy atom. The predicted octanol–water partition coefficient (Wildman–Crippen LogP) is 3.67. The topological polar surface area (TPSA) is 87.7 Å². The summed E-state index contributed by atoms with van der Waals surface area (Å²) in [6.07, 6.45) is 0. The molecule has 0 spiro atoms. The summed E-state index contributed by atoms with van der Waals surface area (Å²) in [4.78, 5) is 25.1. The highest BCUT2D eigenvalue weighted by Gasteiger charge is 2.32. The normalized spacial score (nSPS) is 16.7. The molecule has 1 aliphatic rings. The Morgan fingerprint density at radius 3 is 2.58 bits per heavy atom. The Morgan fingerprint density at radius 2 is 1.92 bits per heavy atom. The van der Waals surface area contributed by atoms with Crippen molar-refractivity contribution >= 4 is 27.7 Å². The lowest BCUT2D eigenvalue weighted by atomic mass is 9.89. The maximum absolute atomic E-state index is 13.1. The Labute approximate surface area is 159 Å². The van der Waals surface area contributed by atoms with E-state index in [1.807, 2.05) is 6.07 Å². The number of benzene rings is 2. The van der Waals surface area contributed by atoms with Crippen LogP contribution in [0.3, 0.4) is 0 Å². The number of hydrogen-bond donors (Lipinski definition) is 3. The van der Waals surface area contributed by atoms with Gasteiger partial charge in [0.25, 0.3) is 0 Å². The van der Waals surface area contributed by atoms with Crippen LogP contribution in [0.4, 0.5) is 4.79 Å². The molecule has 0 aliphatic carbocycles. The van der Waals surface area contributed by atoms with Crippen LogP contribution in [-0.2, 0) is 0 Å². The van der Waals surface area contributed by atoms with Crippen LogP contribution in [-0.4, -0.2) is 24.0 Å². The number of urea groups is 1. The minimum atomic E-state index is -0.678. The van der Waals surface area contributed by atoms with Gasteiger partial charge in [-0.1, -0.05) is 30.3 Å². The van der Waals surface area contributed by atoms with Crippen LogP contribution in [0, 0.1) is 0 Å². The number of carbonyl (C=O) groups is 2.